The minimum Gasteiger partial charge on any atom is -0.314 e. The second-order valence-corrected chi connectivity index (χ2v) is 9.21. The van der Waals surface area contributed by atoms with E-state index in [-0.39, 0.29) is 0 Å². The Morgan fingerprint density at radius 3 is 1.97 bits per heavy atom. The molecule has 0 N–H and O–H groups in total. The van der Waals surface area contributed by atoms with Crippen LogP contribution in [0.2, 0.25) is 0 Å². The number of rotatable bonds is 3. The summed E-state index contributed by atoms with van der Waals surface area (Å²) in [6.45, 7) is 6.32. The predicted molar refractivity (Wildman–Crippen MR) is 150 cm³/mol. The van der Waals surface area contributed by atoms with Crippen LogP contribution in [-0.2, 0) is 0 Å². The van der Waals surface area contributed by atoms with Crippen LogP contribution >= 0.6 is 0 Å². The Hall–Kier alpha value is -4.56. The number of nitrogens with zero attached hydrogens (tertiary/aromatic N) is 2. The third-order valence-electron chi connectivity index (χ3n) is 7.07. The summed E-state index contributed by atoms with van der Waals surface area (Å²) in [5.74, 6) is 0. The van der Waals surface area contributed by atoms with Crippen LogP contribution in [0.3, 0.4) is 0 Å². The average Bonchev–Trinajstić information content (AvgIpc) is 3.42. The van der Waals surface area contributed by atoms with Gasteiger partial charge >= 0.3 is 0 Å². The van der Waals surface area contributed by atoms with Gasteiger partial charge < -0.3 is 9.13 Å². The minimum atomic E-state index is 1.02. The molecule has 0 aliphatic rings. The van der Waals surface area contributed by atoms with E-state index in [0.717, 1.165) is 5.70 Å². The molecule has 7 rings (SSSR count). The summed E-state index contributed by atoms with van der Waals surface area (Å²) in [6, 6.07) is 41.5. The van der Waals surface area contributed by atoms with Gasteiger partial charge in [0.05, 0.1) is 22.1 Å². The summed E-state index contributed by atoms with van der Waals surface area (Å²) in [5.41, 5.74) is 9.50. The van der Waals surface area contributed by atoms with Gasteiger partial charge in [-0.05, 0) is 48.9 Å². The molecular formula is C33H24N2. The maximum atomic E-state index is 4.25. The number of allylic oxidation sites excluding steroid dienone is 1. The first-order chi connectivity index (χ1) is 17.2. The monoisotopic (exact) mass is 448 g/mol. The highest BCUT2D eigenvalue weighted by molar-refractivity contribution is 6.15. The summed E-state index contributed by atoms with van der Waals surface area (Å²) in [5, 5.41) is 5.04. The largest absolute Gasteiger partial charge is 0.314 e. The van der Waals surface area contributed by atoms with E-state index in [9.17, 15) is 0 Å². The maximum absolute atomic E-state index is 4.25. The normalized spacial score (nSPS) is 11.7. The summed E-state index contributed by atoms with van der Waals surface area (Å²) in [4.78, 5) is 0. The highest BCUT2D eigenvalue weighted by Gasteiger charge is 2.17. The molecule has 0 radical (unpaired) electrons. The Bertz CT molecular complexity index is 1920. The van der Waals surface area contributed by atoms with Crippen molar-refractivity contribution in [3.63, 3.8) is 0 Å². The minimum absolute atomic E-state index is 1.02. The smallest absolute Gasteiger partial charge is 0.0619 e. The van der Waals surface area contributed by atoms with Gasteiger partial charge in [0.15, 0.2) is 0 Å². The quantitative estimate of drug-likeness (QED) is 0.255. The van der Waals surface area contributed by atoms with E-state index < -0.39 is 0 Å². The maximum Gasteiger partial charge on any atom is 0.0619 e. The van der Waals surface area contributed by atoms with Crippen LogP contribution in [0.4, 0.5) is 0 Å². The summed E-state index contributed by atoms with van der Waals surface area (Å²) < 4.78 is 4.66. The van der Waals surface area contributed by atoms with Gasteiger partial charge in [-0.3, -0.25) is 0 Å². The fourth-order valence-corrected chi connectivity index (χ4v) is 5.65. The van der Waals surface area contributed by atoms with Crippen molar-refractivity contribution in [2.45, 2.75) is 6.92 Å². The van der Waals surface area contributed by atoms with Gasteiger partial charge in [-0.1, -0.05) is 85.4 Å². The van der Waals surface area contributed by atoms with Crippen molar-refractivity contribution in [2.24, 2.45) is 0 Å². The number of fused-ring (bicyclic) bond motifs is 6. The first-order valence-corrected chi connectivity index (χ1v) is 12.0. The van der Waals surface area contributed by atoms with E-state index in [0.29, 0.717) is 0 Å². The van der Waals surface area contributed by atoms with Crippen molar-refractivity contribution >= 4 is 49.3 Å². The van der Waals surface area contributed by atoms with Crippen LogP contribution in [0.5, 0.6) is 0 Å². The van der Waals surface area contributed by atoms with Gasteiger partial charge in [0.25, 0.3) is 0 Å². The number of hydrogen-bond acceptors (Lipinski definition) is 0. The number of para-hydroxylation sites is 4. The molecule has 0 aliphatic heterocycles. The van der Waals surface area contributed by atoms with Crippen LogP contribution in [0.25, 0.3) is 66.1 Å². The number of hydrogen-bond donors (Lipinski definition) is 0. The Morgan fingerprint density at radius 2 is 1.20 bits per heavy atom. The van der Waals surface area contributed by atoms with Crippen LogP contribution in [-0.4, -0.2) is 9.13 Å². The Balaban J connectivity index is 1.60. The van der Waals surface area contributed by atoms with Crippen molar-refractivity contribution in [1.29, 1.82) is 0 Å². The molecule has 166 valence electrons. The van der Waals surface area contributed by atoms with E-state index in [1.807, 2.05) is 0 Å². The van der Waals surface area contributed by atoms with Crippen LogP contribution < -0.4 is 0 Å². The van der Waals surface area contributed by atoms with E-state index in [1.165, 1.54) is 60.4 Å². The van der Waals surface area contributed by atoms with Gasteiger partial charge in [0.2, 0.25) is 0 Å². The van der Waals surface area contributed by atoms with Crippen molar-refractivity contribution in [2.75, 3.05) is 0 Å². The summed E-state index contributed by atoms with van der Waals surface area (Å²) >= 11 is 0. The van der Waals surface area contributed by atoms with Gasteiger partial charge in [0.1, 0.15) is 0 Å². The number of benzene rings is 5. The van der Waals surface area contributed by atoms with E-state index >= 15 is 0 Å². The number of aromatic nitrogens is 2. The molecule has 2 heteroatoms. The Labute approximate surface area is 204 Å². The lowest BCUT2D eigenvalue weighted by Crippen LogP contribution is -1.95. The van der Waals surface area contributed by atoms with Crippen molar-refractivity contribution in [3.8, 4) is 16.8 Å². The molecule has 35 heavy (non-hydrogen) atoms. The van der Waals surface area contributed by atoms with Crippen LogP contribution in [0.15, 0.2) is 122 Å². The Morgan fingerprint density at radius 1 is 0.571 bits per heavy atom. The lowest BCUT2D eigenvalue weighted by Gasteiger charge is -2.12. The van der Waals surface area contributed by atoms with Crippen LogP contribution in [0.1, 0.15) is 6.92 Å². The molecule has 0 aliphatic carbocycles. The third kappa shape index (κ3) is 2.83. The molecule has 0 bridgehead atoms. The van der Waals surface area contributed by atoms with Crippen molar-refractivity contribution in [3.05, 3.63) is 122 Å². The van der Waals surface area contributed by atoms with Gasteiger partial charge in [-0.2, -0.15) is 0 Å². The van der Waals surface area contributed by atoms with E-state index in [1.54, 1.807) is 0 Å². The zero-order valence-electron chi connectivity index (χ0n) is 19.6. The lowest BCUT2D eigenvalue weighted by molar-refractivity contribution is 1.18. The zero-order valence-corrected chi connectivity index (χ0v) is 19.6. The molecule has 0 amide bonds. The first kappa shape index (κ1) is 19.9. The summed E-state index contributed by atoms with van der Waals surface area (Å²) in [7, 11) is 0. The van der Waals surface area contributed by atoms with Gasteiger partial charge in [0, 0.05) is 38.5 Å². The first-order valence-electron chi connectivity index (χ1n) is 12.0. The van der Waals surface area contributed by atoms with Crippen LogP contribution in [0, 0.1) is 0 Å². The molecule has 0 fully saturated rings. The zero-order chi connectivity index (χ0) is 23.5. The highest BCUT2D eigenvalue weighted by Crippen LogP contribution is 2.40. The fourth-order valence-electron chi connectivity index (χ4n) is 5.65. The predicted octanol–water partition coefficient (Wildman–Crippen LogP) is 9.05. The molecule has 5 aromatic carbocycles. The molecule has 0 saturated heterocycles. The molecule has 7 aromatic rings. The second-order valence-electron chi connectivity index (χ2n) is 9.21. The van der Waals surface area contributed by atoms with Gasteiger partial charge in [-0.25, -0.2) is 0 Å². The third-order valence-corrected chi connectivity index (χ3v) is 7.07. The molecule has 2 nitrogen and oxygen atoms in total. The molecule has 2 heterocycles. The van der Waals surface area contributed by atoms with E-state index in [4.69, 9.17) is 0 Å². The average molecular weight is 449 g/mol. The van der Waals surface area contributed by atoms with Gasteiger partial charge in [-0.15, -0.1) is 0 Å². The molecule has 0 saturated carbocycles. The molecular weight excluding hydrogens is 424 g/mol. The Kier molecular flexibility index (Phi) is 4.24. The topological polar surface area (TPSA) is 9.86 Å². The molecule has 0 unspecified atom stereocenters. The SMILES string of the molecule is C=C(C)n1c2ccccc2c2cc(-c3cccc4c5ccccc5n(-c5ccccc5)c34)ccc21. The lowest BCUT2D eigenvalue weighted by atomic mass is 10.00. The van der Waals surface area contributed by atoms with Crippen molar-refractivity contribution in [1.82, 2.24) is 9.13 Å². The van der Waals surface area contributed by atoms with Crippen molar-refractivity contribution < 1.29 is 0 Å². The highest BCUT2D eigenvalue weighted by atomic mass is 15.0. The molecule has 0 atom stereocenters. The molecule has 2 aromatic heterocycles. The fraction of sp³-hybridized carbons (Fsp3) is 0.0303. The van der Waals surface area contributed by atoms with E-state index in [2.05, 4.69) is 138 Å². The second kappa shape index (κ2) is 7.48. The summed E-state index contributed by atoms with van der Waals surface area (Å²) in [6.07, 6.45) is 0. The molecule has 0 spiro atoms. The standard InChI is InChI=1S/C33H24N2/c1-22(2)34-30-17-8-7-14-27(30)29-21-23(19-20-32(29)34)25-15-10-16-28-26-13-6-9-18-31(26)35(33(25)28)24-11-4-3-5-12-24/h3-21H,1H2,2H3.